The minimum atomic E-state index is -0.654. The molecule has 0 aliphatic carbocycles. The second-order valence-electron chi connectivity index (χ2n) is 4.92. The molecule has 0 spiro atoms. The van der Waals surface area contributed by atoms with Crippen molar-refractivity contribution in [1.82, 2.24) is 10.2 Å². The van der Waals surface area contributed by atoms with Crippen LogP contribution < -0.4 is 5.32 Å². The van der Waals surface area contributed by atoms with E-state index in [9.17, 15) is 20.0 Å². The number of phenolic OH excluding ortho intramolecular Hbond substituents is 1. The molecule has 1 fully saturated rings. The number of nitrogens with zero attached hydrogens (tertiary/aromatic N) is 2. The smallest absolute Gasteiger partial charge is 0.282 e. The summed E-state index contributed by atoms with van der Waals surface area (Å²) in [6, 6.07) is 3.37. The van der Waals surface area contributed by atoms with Crippen molar-refractivity contribution < 1.29 is 19.6 Å². The van der Waals surface area contributed by atoms with Crippen LogP contribution in [0.1, 0.15) is 10.4 Å². The van der Waals surface area contributed by atoms with Gasteiger partial charge >= 0.3 is 0 Å². The number of nitro groups is 1. The monoisotopic (exact) mass is 295 g/mol. The predicted molar refractivity (Wildman–Crippen MR) is 74.3 cm³/mol. The minimum absolute atomic E-state index is 0.149. The summed E-state index contributed by atoms with van der Waals surface area (Å²) in [6.07, 6.45) is -0.149. The highest BCUT2D eigenvalue weighted by Gasteiger charge is 2.23. The lowest BCUT2D eigenvalue weighted by Crippen LogP contribution is -2.46. The van der Waals surface area contributed by atoms with E-state index in [0.29, 0.717) is 13.2 Å². The molecule has 2 rings (SSSR count). The standard InChI is InChI=1S/C13H17N3O5/c1-15-4-5-21-10(8-15)7-14-13(18)11-6-9(17)2-3-12(11)16(19)20/h2-3,6,10,17H,4-5,7-8H2,1H3,(H,14,18). The molecular weight excluding hydrogens is 278 g/mol. The Labute approximate surface area is 121 Å². The summed E-state index contributed by atoms with van der Waals surface area (Å²) in [7, 11) is 1.96. The van der Waals surface area contributed by atoms with Crippen molar-refractivity contribution in [3.8, 4) is 5.75 Å². The Hall–Kier alpha value is -2.19. The molecule has 1 atom stereocenters. The lowest BCUT2D eigenvalue weighted by atomic mass is 10.1. The van der Waals surface area contributed by atoms with Gasteiger partial charge < -0.3 is 20.1 Å². The molecule has 1 amide bonds. The van der Waals surface area contributed by atoms with Crippen LogP contribution in [0.5, 0.6) is 5.75 Å². The van der Waals surface area contributed by atoms with Gasteiger partial charge in [0.1, 0.15) is 11.3 Å². The van der Waals surface area contributed by atoms with Crippen LogP contribution in [-0.2, 0) is 4.74 Å². The normalized spacial score (nSPS) is 19.2. The van der Waals surface area contributed by atoms with E-state index in [-0.39, 0.29) is 29.6 Å². The average molecular weight is 295 g/mol. The zero-order chi connectivity index (χ0) is 15.4. The molecule has 1 aliphatic rings. The van der Waals surface area contributed by atoms with Crippen LogP contribution in [0.3, 0.4) is 0 Å². The third-order valence-electron chi connectivity index (χ3n) is 3.25. The molecule has 2 N–H and O–H groups in total. The molecule has 1 saturated heterocycles. The first kappa shape index (κ1) is 15.2. The Balaban J connectivity index is 2.03. The van der Waals surface area contributed by atoms with Crippen molar-refractivity contribution in [3.05, 3.63) is 33.9 Å². The molecule has 1 aromatic carbocycles. The Morgan fingerprint density at radius 1 is 1.62 bits per heavy atom. The molecule has 1 heterocycles. The van der Waals surface area contributed by atoms with Crippen molar-refractivity contribution in [2.75, 3.05) is 33.3 Å². The fourth-order valence-electron chi connectivity index (χ4n) is 2.16. The van der Waals surface area contributed by atoms with Crippen molar-refractivity contribution >= 4 is 11.6 Å². The van der Waals surface area contributed by atoms with Crippen LogP contribution in [0.15, 0.2) is 18.2 Å². The van der Waals surface area contributed by atoms with Gasteiger partial charge in [-0.2, -0.15) is 0 Å². The lowest BCUT2D eigenvalue weighted by Gasteiger charge is -2.30. The topological polar surface area (TPSA) is 105 Å². The van der Waals surface area contributed by atoms with Gasteiger partial charge in [0.25, 0.3) is 11.6 Å². The first-order valence-electron chi connectivity index (χ1n) is 6.53. The number of carbonyl (C=O) groups is 1. The number of hydrogen-bond acceptors (Lipinski definition) is 6. The summed E-state index contributed by atoms with van der Waals surface area (Å²) < 4.78 is 5.50. The zero-order valence-electron chi connectivity index (χ0n) is 11.6. The Morgan fingerprint density at radius 3 is 3.05 bits per heavy atom. The summed E-state index contributed by atoms with van der Waals surface area (Å²) >= 11 is 0. The molecule has 21 heavy (non-hydrogen) atoms. The Morgan fingerprint density at radius 2 is 2.38 bits per heavy atom. The number of nitrogens with one attached hydrogen (secondary N) is 1. The highest BCUT2D eigenvalue weighted by Crippen LogP contribution is 2.23. The number of carbonyl (C=O) groups excluding carboxylic acids is 1. The van der Waals surface area contributed by atoms with E-state index in [1.165, 1.54) is 6.07 Å². The molecule has 8 heteroatoms. The Kier molecular flexibility index (Phi) is 4.71. The van der Waals surface area contributed by atoms with Gasteiger partial charge in [-0.05, 0) is 19.2 Å². The third kappa shape index (κ3) is 3.89. The van der Waals surface area contributed by atoms with Crippen LogP contribution in [0.25, 0.3) is 0 Å². The van der Waals surface area contributed by atoms with Crippen molar-refractivity contribution in [2.24, 2.45) is 0 Å². The third-order valence-corrected chi connectivity index (χ3v) is 3.25. The number of benzene rings is 1. The first-order chi connectivity index (χ1) is 9.97. The quantitative estimate of drug-likeness (QED) is 0.614. The van der Waals surface area contributed by atoms with Crippen molar-refractivity contribution in [1.29, 1.82) is 0 Å². The molecule has 1 unspecified atom stereocenters. The second kappa shape index (κ2) is 6.51. The van der Waals surface area contributed by atoms with Gasteiger partial charge in [0.15, 0.2) is 0 Å². The molecule has 8 nitrogen and oxygen atoms in total. The maximum Gasteiger partial charge on any atom is 0.282 e. The number of ether oxygens (including phenoxy) is 1. The van der Waals surface area contributed by atoms with E-state index in [2.05, 4.69) is 10.2 Å². The van der Waals surface area contributed by atoms with Crippen LogP contribution in [0.2, 0.25) is 0 Å². The lowest BCUT2D eigenvalue weighted by molar-refractivity contribution is -0.385. The first-order valence-corrected chi connectivity index (χ1v) is 6.53. The molecule has 114 valence electrons. The average Bonchev–Trinajstić information content (AvgIpc) is 2.44. The predicted octanol–water partition coefficient (Wildman–Crippen LogP) is 0.361. The second-order valence-corrected chi connectivity index (χ2v) is 4.92. The van der Waals surface area contributed by atoms with Crippen LogP contribution in [-0.4, -0.2) is 60.2 Å². The number of morpholine rings is 1. The molecule has 0 bridgehead atoms. The van der Waals surface area contributed by atoms with Crippen molar-refractivity contribution in [3.63, 3.8) is 0 Å². The van der Waals surface area contributed by atoms with Crippen LogP contribution in [0, 0.1) is 10.1 Å². The summed E-state index contributed by atoms with van der Waals surface area (Å²) in [5.74, 6) is -0.797. The highest BCUT2D eigenvalue weighted by molar-refractivity contribution is 5.98. The number of nitro benzene ring substituents is 1. The largest absolute Gasteiger partial charge is 0.508 e. The highest BCUT2D eigenvalue weighted by atomic mass is 16.6. The van der Waals surface area contributed by atoms with E-state index in [1.807, 2.05) is 7.05 Å². The van der Waals surface area contributed by atoms with Crippen LogP contribution in [0.4, 0.5) is 5.69 Å². The minimum Gasteiger partial charge on any atom is -0.508 e. The van der Waals surface area contributed by atoms with Gasteiger partial charge in [0.05, 0.1) is 17.6 Å². The van der Waals surface area contributed by atoms with Gasteiger partial charge in [-0.15, -0.1) is 0 Å². The number of rotatable bonds is 4. The molecule has 0 aromatic heterocycles. The number of phenols is 1. The fraction of sp³-hybridized carbons (Fsp3) is 0.462. The van der Waals surface area contributed by atoms with Gasteiger partial charge in [0.2, 0.25) is 0 Å². The molecule has 1 aromatic rings. The summed E-state index contributed by atoms with van der Waals surface area (Å²) in [5.41, 5.74) is -0.504. The number of aromatic hydroxyl groups is 1. The molecule has 0 saturated carbocycles. The molecule has 1 aliphatic heterocycles. The van der Waals surface area contributed by atoms with Crippen LogP contribution >= 0.6 is 0 Å². The summed E-state index contributed by atoms with van der Waals surface area (Å²) in [4.78, 5) is 24.4. The van der Waals surface area contributed by atoms with E-state index in [4.69, 9.17) is 4.74 Å². The van der Waals surface area contributed by atoms with E-state index in [0.717, 1.165) is 18.7 Å². The van der Waals surface area contributed by atoms with Gasteiger partial charge in [0, 0.05) is 25.7 Å². The maximum absolute atomic E-state index is 12.1. The Bertz CT molecular complexity index is 549. The number of likely N-dealkylation sites (N-methyl/N-ethyl adjacent to an activating group) is 1. The molecule has 0 radical (unpaired) electrons. The van der Waals surface area contributed by atoms with Gasteiger partial charge in [-0.25, -0.2) is 0 Å². The van der Waals surface area contributed by atoms with E-state index in [1.54, 1.807) is 0 Å². The van der Waals surface area contributed by atoms with Crippen molar-refractivity contribution in [2.45, 2.75) is 6.10 Å². The summed E-state index contributed by atoms with van der Waals surface area (Å²) in [5, 5.41) is 22.9. The number of amides is 1. The summed E-state index contributed by atoms with van der Waals surface area (Å²) in [6.45, 7) is 2.37. The van der Waals surface area contributed by atoms with Gasteiger partial charge in [-0.1, -0.05) is 0 Å². The van der Waals surface area contributed by atoms with E-state index < -0.39 is 10.8 Å². The zero-order valence-corrected chi connectivity index (χ0v) is 11.6. The SMILES string of the molecule is CN1CCOC(CNC(=O)c2cc(O)ccc2[N+](=O)[O-])C1. The maximum atomic E-state index is 12.1. The molecular formula is C13H17N3O5. The van der Waals surface area contributed by atoms with Gasteiger partial charge in [-0.3, -0.25) is 14.9 Å². The number of hydrogen-bond donors (Lipinski definition) is 2. The van der Waals surface area contributed by atoms with E-state index >= 15 is 0 Å². The fourth-order valence-corrected chi connectivity index (χ4v) is 2.16.